The highest BCUT2D eigenvalue weighted by Crippen LogP contribution is 2.29. The second kappa shape index (κ2) is 4.91. The number of carbonyl (C=O) groups excluding carboxylic acids is 1. The third-order valence-corrected chi connectivity index (χ3v) is 1.97. The maximum atomic E-state index is 12.2. The van der Waals surface area contributed by atoms with Crippen LogP contribution >= 0.6 is 0 Å². The van der Waals surface area contributed by atoms with E-state index in [1.165, 1.54) is 6.92 Å². The predicted octanol–water partition coefficient (Wildman–Crippen LogP) is 2.88. The van der Waals surface area contributed by atoms with E-state index >= 15 is 0 Å². The Morgan fingerprint density at radius 1 is 1.35 bits per heavy atom. The summed E-state index contributed by atoms with van der Waals surface area (Å²) in [4.78, 5) is 11.4. The summed E-state index contributed by atoms with van der Waals surface area (Å²) in [5, 5.41) is 0. The fourth-order valence-electron chi connectivity index (χ4n) is 1.06. The topological polar surface area (TPSA) is 26.3 Å². The van der Waals surface area contributed by atoms with E-state index in [1.54, 1.807) is 0 Å². The van der Waals surface area contributed by atoms with Gasteiger partial charge in [-0.2, -0.15) is 13.2 Å². The normalized spacial score (nSPS) is 12.6. The molecule has 0 radical (unpaired) electrons. The van der Waals surface area contributed by atoms with E-state index in [4.69, 9.17) is 11.2 Å². The molecule has 1 aromatic carbocycles. The lowest BCUT2D eigenvalue weighted by Gasteiger charge is -2.09. The first-order valence-corrected chi connectivity index (χ1v) is 4.69. The molecule has 0 fully saturated rings. The highest BCUT2D eigenvalue weighted by Gasteiger charge is 2.30. The number of esters is 1. The number of benzene rings is 1. The molecule has 0 amide bonds. The van der Waals surface area contributed by atoms with E-state index in [1.807, 2.05) is 0 Å². The number of terminal acetylenes is 1. The van der Waals surface area contributed by atoms with E-state index in [9.17, 15) is 18.0 Å². The van der Waals surface area contributed by atoms with E-state index in [2.05, 4.69) is 5.92 Å². The van der Waals surface area contributed by atoms with Gasteiger partial charge in [-0.25, -0.2) is 4.79 Å². The smallest absolute Gasteiger partial charge is 0.416 e. The molecule has 90 valence electrons. The molecule has 0 aromatic heterocycles. The number of ether oxygens (including phenoxy) is 1. The second-order valence-corrected chi connectivity index (χ2v) is 3.29. The number of hydrogen-bond acceptors (Lipinski definition) is 2. The first-order chi connectivity index (χ1) is 7.84. The first-order valence-electron chi connectivity index (χ1n) is 4.69. The van der Waals surface area contributed by atoms with Crippen molar-refractivity contribution in [2.75, 3.05) is 0 Å². The molecule has 1 rings (SSSR count). The Labute approximate surface area is 96.4 Å². The minimum atomic E-state index is -4.42. The van der Waals surface area contributed by atoms with Gasteiger partial charge in [-0.3, -0.25) is 0 Å². The van der Waals surface area contributed by atoms with Gasteiger partial charge in [0, 0.05) is 0 Å². The van der Waals surface area contributed by atoms with Crippen LogP contribution in [0.5, 0.6) is 0 Å². The molecule has 1 atom stereocenters. The van der Waals surface area contributed by atoms with Gasteiger partial charge in [0.25, 0.3) is 0 Å². The van der Waals surface area contributed by atoms with Crippen LogP contribution in [-0.2, 0) is 10.9 Å². The lowest BCUT2D eigenvalue weighted by molar-refractivity contribution is -0.137. The molecule has 0 N–H and O–H groups in total. The maximum Gasteiger partial charge on any atom is 0.416 e. The molecular weight excluding hydrogens is 233 g/mol. The molecule has 2 nitrogen and oxygen atoms in total. The average molecular weight is 242 g/mol. The summed E-state index contributed by atoms with van der Waals surface area (Å²) in [6.07, 6.45) is -0.136. The fraction of sp³-hybridized carbons (Fsp3) is 0.250. The van der Waals surface area contributed by atoms with Crippen LogP contribution in [0.15, 0.2) is 24.3 Å². The van der Waals surface area contributed by atoms with Gasteiger partial charge >= 0.3 is 12.1 Å². The number of halogens is 3. The van der Waals surface area contributed by atoms with Crippen LogP contribution in [0.4, 0.5) is 13.2 Å². The average Bonchev–Trinajstić information content (AvgIpc) is 2.27. The van der Waals surface area contributed by atoms with Crippen LogP contribution in [0.1, 0.15) is 22.8 Å². The van der Waals surface area contributed by atoms with Gasteiger partial charge in [0.1, 0.15) is 0 Å². The van der Waals surface area contributed by atoms with Gasteiger partial charge in [-0.1, -0.05) is 5.92 Å². The van der Waals surface area contributed by atoms with Crippen molar-refractivity contribution in [1.82, 2.24) is 0 Å². The zero-order valence-corrected chi connectivity index (χ0v) is 8.91. The molecule has 0 saturated heterocycles. The lowest BCUT2D eigenvalue weighted by atomic mass is 10.1. The summed E-state index contributed by atoms with van der Waals surface area (Å²) in [6, 6.07) is 3.73. The highest BCUT2D eigenvalue weighted by atomic mass is 19.4. The molecular formula is C12H9F3O2. The molecule has 0 saturated carbocycles. The van der Waals surface area contributed by atoms with Gasteiger partial charge in [-0.15, -0.1) is 6.42 Å². The van der Waals surface area contributed by atoms with Gasteiger partial charge in [0.05, 0.1) is 11.1 Å². The Kier molecular flexibility index (Phi) is 3.79. The number of rotatable bonds is 2. The van der Waals surface area contributed by atoms with E-state index < -0.39 is 23.8 Å². The quantitative estimate of drug-likeness (QED) is 0.588. The molecule has 0 aliphatic carbocycles. The number of alkyl halides is 3. The first kappa shape index (κ1) is 13.1. The Bertz CT molecular complexity index is 440. The van der Waals surface area contributed by atoms with Crippen molar-refractivity contribution in [1.29, 1.82) is 0 Å². The fourth-order valence-corrected chi connectivity index (χ4v) is 1.06. The zero-order chi connectivity index (χ0) is 13.1. The van der Waals surface area contributed by atoms with Gasteiger partial charge in [-0.05, 0) is 31.2 Å². The Balaban J connectivity index is 2.82. The minimum absolute atomic E-state index is 0.0279. The number of hydrogen-bond donors (Lipinski definition) is 0. The third kappa shape index (κ3) is 3.52. The Morgan fingerprint density at radius 3 is 2.29 bits per heavy atom. The number of carbonyl (C=O) groups is 1. The predicted molar refractivity (Wildman–Crippen MR) is 55.2 cm³/mol. The maximum absolute atomic E-state index is 12.2. The van der Waals surface area contributed by atoms with Crippen LogP contribution in [0.25, 0.3) is 0 Å². The van der Waals surface area contributed by atoms with Crippen LogP contribution in [0, 0.1) is 12.3 Å². The third-order valence-electron chi connectivity index (χ3n) is 1.97. The van der Waals surface area contributed by atoms with Gasteiger partial charge in [0.2, 0.25) is 0 Å². The van der Waals surface area contributed by atoms with E-state index in [-0.39, 0.29) is 5.56 Å². The Morgan fingerprint density at radius 2 is 1.88 bits per heavy atom. The van der Waals surface area contributed by atoms with Crippen LogP contribution in [0.3, 0.4) is 0 Å². The van der Waals surface area contributed by atoms with Crippen molar-refractivity contribution in [3.05, 3.63) is 35.4 Å². The van der Waals surface area contributed by atoms with Crippen molar-refractivity contribution in [3.8, 4) is 12.3 Å². The molecule has 1 aromatic rings. The molecule has 1 unspecified atom stereocenters. The Hall–Kier alpha value is -1.96. The summed E-state index contributed by atoms with van der Waals surface area (Å²) in [7, 11) is 0. The lowest BCUT2D eigenvalue weighted by Crippen LogP contribution is -2.13. The standard InChI is InChI=1S/C12H9F3O2/c1-3-8(2)17-11(16)9-4-6-10(7-5-9)12(13,14)15/h1,4-8H,2H3. The van der Waals surface area contributed by atoms with Crippen molar-refractivity contribution in [2.45, 2.75) is 19.2 Å². The summed E-state index contributed by atoms with van der Waals surface area (Å²) < 4.78 is 41.5. The monoisotopic (exact) mass is 242 g/mol. The van der Waals surface area contributed by atoms with E-state index in [0.717, 1.165) is 24.3 Å². The van der Waals surface area contributed by atoms with Crippen LogP contribution < -0.4 is 0 Å². The molecule has 5 heteroatoms. The zero-order valence-electron chi connectivity index (χ0n) is 8.91. The van der Waals surface area contributed by atoms with Gasteiger partial charge < -0.3 is 4.74 Å². The summed E-state index contributed by atoms with van der Waals surface area (Å²) in [5.74, 6) is 1.43. The minimum Gasteiger partial charge on any atom is -0.446 e. The van der Waals surface area contributed by atoms with Crippen molar-refractivity contribution in [2.24, 2.45) is 0 Å². The summed E-state index contributed by atoms with van der Waals surface area (Å²) >= 11 is 0. The summed E-state index contributed by atoms with van der Waals surface area (Å²) in [6.45, 7) is 1.49. The molecule has 17 heavy (non-hydrogen) atoms. The molecule has 0 spiro atoms. The molecule has 0 heterocycles. The summed E-state index contributed by atoms with van der Waals surface area (Å²) in [5.41, 5.74) is -0.792. The SMILES string of the molecule is C#CC(C)OC(=O)c1ccc(C(F)(F)F)cc1. The largest absolute Gasteiger partial charge is 0.446 e. The van der Waals surface area contributed by atoms with Gasteiger partial charge in [0.15, 0.2) is 6.10 Å². The molecule has 0 aliphatic heterocycles. The molecule has 0 aliphatic rings. The highest BCUT2D eigenvalue weighted by molar-refractivity contribution is 5.89. The van der Waals surface area contributed by atoms with Crippen molar-refractivity contribution < 1.29 is 22.7 Å². The van der Waals surface area contributed by atoms with Crippen LogP contribution in [-0.4, -0.2) is 12.1 Å². The van der Waals surface area contributed by atoms with E-state index in [0.29, 0.717) is 0 Å². The van der Waals surface area contributed by atoms with Crippen molar-refractivity contribution in [3.63, 3.8) is 0 Å². The van der Waals surface area contributed by atoms with Crippen LogP contribution in [0.2, 0.25) is 0 Å². The second-order valence-electron chi connectivity index (χ2n) is 3.29. The van der Waals surface area contributed by atoms with Crippen molar-refractivity contribution >= 4 is 5.97 Å². The molecule has 0 bridgehead atoms.